The molecule has 0 atom stereocenters. The van der Waals surface area contributed by atoms with Gasteiger partial charge in [0.2, 0.25) is 0 Å². The van der Waals surface area contributed by atoms with Crippen LogP contribution in [0.2, 0.25) is 0 Å². The Morgan fingerprint density at radius 2 is 2.19 bits per heavy atom. The van der Waals surface area contributed by atoms with E-state index >= 15 is 0 Å². The molecule has 0 spiro atoms. The van der Waals surface area contributed by atoms with E-state index in [1.165, 1.54) is 0 Å². The van der Waals surface area contributed by atoms with Gasteiger partial charge in [0.25, 0.3) is 0 Å². The summed E-state index contributed by atoms with van der Waals surface area (Å²) in [4.78, 5) is 6.96. The molecule has 4 nitrogen and oxygen atoms in total. The second-order valence-electron chi connectivity index (χ2n) is 3.63. The van der Waals surface area contributed by atoms with Gasteiger partial charge in [-0.3, -0.25) is 0 Å². The second-order valence-corrected chi connectivity index (χ2v) is 3.63. The highest BCUT2D eigenvalue weighted by molar-refractivity contribution is 5.31. The number of benzene rings is 1. The topological polar surface area (TPSA) is 60.9 Å². The quantitative estimate of drug-likeness (QED) is 0.664. The number of imidazole rings is 1. The first-order chi connectivity index (χ1) is 7.86. The number of hydrogen-bond acceptors (Lipinski definition) is 3. The molecule has 0 bridgehead atoms. The van der Waals surface area contributed by atoms with Crippen molar-refractivity contribution < 1.29 is 5.11 Å². The molecule has 2 rings (SSSR count). The number of phenolic OH excluding ortho intramolecular Hbond substituents is 1. The van der Waals surface area contributed by atoms with Crippen molar-refractivity contribution in [2.75, 3.05) is 6.54 Å². The number of phenols is 1. The summed E-state index contributed by atoms with van der Waals surface area (Å²) < 4.78 is 0. The predicted octanol–water partition coefficient (Wildman–Crippen LogP) is 1.45. The lowest BCUT2D eigenvalue weighted by Crippen LogP contribution is -2.16. The van der Waals surface area contributed by atoms with E-state index in [1.54, 1.807) is 18.6 Å². The zero-order chi connectivity index (χ0) is 11.2. The Labute approximate surface area is 94.4 Å². The molecule has 1 heterocycles. The molecule has 2 aromatic rings. The van der Waals surface area contributed by atoms with Gasteiger partial charge < -0.3 is 15.4 Å². The number of H-pyrrole nitrogens is 1. The summed E-state index contributed by atoms with van der Waals surface area (Å²) in [6.45, 7) is 1.60. The van der Waals surface area contributed by atoms with E-state index in [0.29, 0.717) is 5.75 Å². The summed E-state index contributed by atoms with van der Waals surface area (Å²) in [5.74, 6) is 0.367. The van der Waals surface area contributed by atoms with Crippen molar-refractivity contribution in [1.29, 1.82) is 0 Å². The standard InChI is InChI=1S/C12H15N3O/c16-12-4-2-1-3-10(12)5-6-13-7-11-8-14-9-15-11/h1-4,8-9,13,16H,5-7H2,(H,14,15). The van der Waals surface area contributed by atoms with Crippen molar-refractivity contribution in [3.63, 3.8) is 0 Å². The van der Waals surface area contributed by atoms with Crippen LogP contribution < -0.4 is 5.32 Å². The maximum atomic E-state index is 9.55. The first-order valence-electron chi connectivity index (χ1n) is 5.31. The van der Waals surface area contributed by atoms with Gasteiger partial charge in [0, 0.05) is 18.4 Å². The normalized spacial score (nSPS) is 10.5. The number of aromatic hydroxyl groups is 1. The zero-order valence-corrected chi connectivity index (χ0v) is 8.98. The van der Waals surface area contributed by atoms with Gasteiger partial charge in [-0.05, 0) is 24.6 Å². The average molecular weight is 217 g/mol. The van der Waals surface area contributed by atoms with Gasteiger partial charge in [-0.25, -0.2) is 4.98 Å². The molecule has 84 valence electrons. The minimum Gasteiger partial charge on any atom is -0.508 e. The molecule has 0 aliphatic rings. The molecule has 0 unspecified atom stereocenters. The molecule has 4 heteroatoms. The summed E-state index contributed by atoms with van der Waals surface area (Å²) in [6, 6.07) is 7.41. The Bertz CT molecular complexity index is 426. The van der Waals surface area contributed by atoms with Crippen LogP contribution in [0.5, 0.6) is 5.75 Å². The van der Waals surface area contributed by atoms with Crippen LogP contribution in [0.1, 0.15) is 11.3 Å². The third-order valence-corrected chi connectivity index (χ3v) is 2.43. The number of hydrogen-bond donors (Lipinski definition) is 3. The summed E-state index contributed by atoms with van der Waals surface area (Å²) in [6.07, 6.45) is 4.29. The van der Waals surface area contributed by atoms with Gasteiger partial charge in [-0.1, -0.05) is 18.2 Å². The third kappa shape index (κ3) is 2.84. The van der Waals surface area contributed by atoms with Crippen molar-refractivity contribution in [3.8, 4) is 5.75 Å². The van der Waals surface area contributed by atoms with Crippen molar-refractivity contribution in [2.45, 2.75) is 13.0 Å². The minimum absolute atomic E-state index is 0.367. The monoisotopic (exact) mass is 217 g/mol. The van der Waals surface area contributed by atoms with Crippen molar-refractivity contribution in [3.05, 3.63) is 48.0 Å². The second kappa shape index (κ2) is 5.32. The summed E-state index contributed by atoms with van der Waals surface area (Å²) in [5, 5.41) is 12.8. The Morgan fingerprint density at radius 3 is 2.94 bits per heavy atom. The molecular weight excluding hydrogens is 202 g/mol. The maximum Gasteiger partial charge on any atom is 0.118 e. The lowest BCUT2D eigenvalue weighted by molar-refractivity contribution is 0.467. The van der Waals surface area contributed by atoms with Gasteiger partial charge in [-0.2, -0.15) is 0 Å². The number of nitrogens with one attached hydrogen (secondary N) is 2. The van der Waals surface area contributed by atoms with Crippen LogP contribution in [0.25, 0.3) is 0 Å². The van der Waals surface area contributed by atoms with Gasteiger partial charge in [0.05, 0.1) is 6.33 Å². The van der Waals surface area contributed by atoms with Crippen LogP contribution in [-0.4, -0.2) is 21.6 Å². The molecule has 0 fully saturated rings. The van der Waals surface area contributed by atoms with E-state index in [2.05, 4.69) is 15.3 Å². The van der Waals surface area contributed by atoms with Crippen LogP contribution in [0.4, 0.5) is 0 Å². The molecule has 3 N–H and O–H groups in total. The Balaban J connectivity index is 1.74. The molecule has 0 amide bonds. The highest BCUT2D eigenvalue weighted by Crippen LogP contribution is 2.15. The van der Waals surface area contributed by atoms with Crippen molar-refractivity contribution >= 4 is 0 Å². The maximum absolute atomic E-state index is 9.55. The van der Waals surface area contributed by atoms with Crippen LogP contribution >= 0.6 is 0 Å². The molecule has 0 saturated heterocycles. The number of para-hydroxylation sites is 1. The van der Waals surface area contributed by atoms with Gasteiger partial charge in [0.15, 0.2) is 0 Å². The van der Waals surface area contributed by atoms with E-state index in [1.807, 2.05) is 18.2 Å². The summed E-state index contributed by atoms with van der Waals surface area (Å²) >= 11 is 0. The molecule has 0 radical (unpaired) electrons. The van der Waals surface area contributed by atoms with Crippen LogP contribution in [-0.2, 0) is 13.0 Å². The molecule has 16 heavy (non-hydrogen) atoms. The molecular formula is C12H15N3O. The number of nitrogens with zero attached hydrogens (tertiary/aromatic N) is 1. The fraction of sp³-hybridized carbons (Fsp3) is 0.250. The number of rotatable bonds is 5. The largest absolute Gasteiger partial charge is 0.508 e. The van der Waals surface area contributed by atoms with Crippen molar-refractivity contribution in [1.82, 2.24) is 15.3 Å². The zero-order valence-electron chi connectivity index (χ0n) is 8.98. The van der Waals surface area contributed by atoms with Gasteiger partial charge in [0.1, 0.15) is 5.75 Å². The Kier molecular flexibility index (Phi) is 3.56. The van der Waals surface area contributed by atoms with Gasteiger partial charge >= 0.3 is 0 Å². The minimum atomic E-state index is 0.367. The fourth-order valence-electron chi connectivity index (χ4n) is 1.55. The first kappa shape index (κ1) is 10.7. The third-order valence-electron chi connectivity index (χ3n) is 2.43. The van der Waals surface area contributed by atoms with E-state index in [-0.39, 0.29) is 0 Å². The van der Waals surface area contributed by atoms with E-state index < -0.39 is 0 Å². The van der Waals surface area contributed by atoms with Crippen LogP contribution in [0, 0.1) is 0 Å². The van der Waals surface area contributed by atoms with Crippen LogP contribution in [0.3, 0.4) is 0 Å². The van der Waals surface area contributed by atoms with Crippen LogP contribution in [0.15, 0.2) is 36.8 Å². The molecule has 1 aromatic heterocycles. The van der Waals surface area contributed by atoms with E-state index in [9.17, 15) is 5.11 Å². The fourth-order valence-corrected chi connectivity index (χ4v) is 1.55. The first-order valence-corrected chi connectivity index (χ1v) is 5.31. The molecule has 0 aliphatic heterocycles. The lowest BCUT2D eigenvalue weighted by atomic mass is 10.1. The molecule has 0 saturated carbocycles. The van der Waals surface area contributed by atoms with Gasteiger partial charge in [-0.15, -0.1) is 0 Å². The highest BCUT2D eigenvalue weighted by atomic mass is 16.3. The Hall–Kier alpha value is -1.81. The average Bonchev–Trinajstić information content (AvgIpc) is 2.79. The smallest absolute Gasteiger partial charge is 0.118 e. The molecule has 1 aromatic carbocycles. The van der Waals surface area contributed by atoms with Crippen molar-refractivity contribution in [2.24, 2.45) is 0 Å². The molecule has 0 aliphatic carbocycles. The van der Waals surface area contributed by atoms with E-state index in [4.69, 9.17) is 0 Å². The Morgan fingerprint density at radius 1 is 1.31 bits per heavy atom. The lowest BCUT2D eigenvalue weighted by Gasteiger charge is -2.05. The SMILES string of the molecule is Oc1ccccc1CCNCc1cnc[nH]1. The summed E-state index contributed by atoms with van der Waals surface area (Å²) in [5.41, 5.74) is 2.04. The highest BCUT2D eigenvalue weighted by Gasteiger charge is 1.99. The summed E-state index contributed by atoms with van der Waals surface area (Å²) in [7, 11) is 0. The number of aromatic nitrogens is 2. The van der Waals surface area contributed by atoms with E-state index in [0.717, 1.165) is 30.8 Å². The predicted molar refractivity (Wildman–Crippen MR) is 62.1 cm³/mol. The number of aromatic amines is 1.